The third kappa shape index (κ3) is 10.5. The van der Waals surface area contributed by atoms with Gasteiger partial charge in [0.2, 0.25) is 0 Å². The number of fused-ring (bicyclic) bond motifs is 2. The van der Waals surface area contributed by atoms with Crippen molar-refractivity contribution in [3.63, 3.8) is 0 Å². The third-order valence-corrected chi connectivity index (χ3v) is 8.63. The van der Waals surface area contributed by atoms with E-state index in [4.69, 9.17) is 0 Å². The number of piperazine rings is 1. The van der Waals surface area contributed by atoms with Crippen molar-refractivity contribution in [1.82, 2.24) is 9.80 Å². The molecule has 3 atom stereocenters. The van der Waals surface area contributed by atoms with E-state index in [2.05, 4.69) is 37.5 Å². The van der Waals surface area contributed by atoms with Crippen LogP contribution in [0.5, 0.6) is 0 Å². The zero-order chi connectivity index (χ0) is 23.0. The van der Waals surface area contributed by atoms with Crippen LogP contribution in [0.15, 0.2) is 0 Å². The Morgan fingerprint density at radius 3 is 1.62 bits per heavy atom. The molecule has 1 unspecified atom stereocenters. The van der Waals surface area contributed by atoms with Gasteiger partial charge < -0.3 is 0 Å². The Kier molecular flexibility index (Phi) is 15.3. The Bertz CT molecular complexity index is 415. The van der Waals surface area contributed by atoms with Crippen molar-refractivity contribution in [2.24, 2.45) is 11.8 Å². The molecule has 0 radical (unpaired) electrons. The van der Waals surface area contributed by atoms with Gasteiger partial charge >= 0.3 is 0 Å². The average molecular weight is 449 g/mol. The van der Waals surface area contributed by atoms with Crippen molar-refractivity contribution in [3.8, 4) is 0 Å². The summed E-state index contributed by atoms with van der Waals surface area (Å²) >= 11 is 0. The summed E-state index contributed by atoms with van der Waals surface area (Å²) in [5.74, 6) is 1.94. The average Bonchev–Trinajstić information content (AvgIpc) is 3.04. The molecule has 2 aliphatic heterocycles. The Morgan fingerprint density at radius 1 is 0.562 bits per heavy atom. The first kappa shape index (κ1) is 28.2. The molecule has 0 N–H and O–H groups in total. The van der Waals surface area contributed by atoms with Crippen LogP contribution in [0.3, 0.4) is 0 Å². The number of likely N-dealkylation sites (tertiary alicyclic amines) is 1. The smallest absolute Gasteiger partial charge is 0.0227 e. The highest BCUT2D eigenvalue weighted by molar-refractivity contribution is 4.96. The second-order valence-electron chi connectivity index (χ2n) is 11.5. The van der Waals surface area contributed by atoms with Crippen LogP contribution in [0.2, 0.25) is 0 Å². The number of rotatable bonds is 20. The lowest BCUT2D eigenvalue weighted by atomic mass is 9.91. The van der Waals surface area contributed by atoms with Crippen LogP contribution in [0.25, 0.3) is 0 Å². The van der Waals surface area contributed by atoms with Gasteiger partial charge in [-0.2, -0.15) is 0 Å². The Labute approximate surface area is 203 Å². The van der Waals surface area contributed by atoms with E-state index in [1.807, 2.05) is 0 Å². The van der Waals surface area contributed by atoms with E-state index < -0.39 is 0 Å². The van der Waals surface area contributed by atoms with Crippen LogP contribution in [-0.2, 0) is 0 Å². The van der Waals surface area contributed by atoms with Crippen molar-refractivity contribution in [2.45, 2.75) is 155 Å². The summed E-state index contributed by atoms with van der Waals surface area (Å²) in [7, 11) is 0. The van der Waals surface area contributed by atoms with Gasteiger partial charge in [0.1, 0.15) is 0 Å². The van der Waals surface area contributed by atoms with Crippen molar-refractivity contribution in [2.75, 3.05) is 26.2 Å². The minimum absolute atomic E-state index is 0.864. The van der Waals surface area contributed by atoms with Gasteiger partial charge in [0.05, 0.1) is 0 Å². The highest BCUT2D eigenvalue weighted by atomic mass is 15.3. The van der Waals surface area contributed by atoms with Crippen molar-refractivity contribution in [1.29, 1.82) is 0 Å². The summed E-state index contributed by atoms with van der Waals surface area (Å²) in [4.78, 5) is 5.86. The molecule has 32 heavy (non-hydrogen) atoms. The number of nitrogens with zero attached hydrogens (tertiary/aromatic N) is 2. The Hall–Kier alpha value is -0.0800. The van der Waals surface area contributed by atoms with E-state index in [9.17, 15) is 0 Å². The molecule has 0 amide bonds. The molecule has 2 bridgehead atoms. The van der Waals surface area contributed by atoms with Crippen LogP contribution >= 0.6 is 0 Å². The van der Waals surface area contributed by atoms with E-state index in [1.54, 1.807) is 0 Å². The van der Waals surface area contributed by atoms with Gasteiger partial charge in [-0.05, 0) is 50.5 Å². The van der Waals surface area contributed by atoms with Crippen LogP contribution < -0.4 is 0 Å². The fourth-order valence-electron chi connectivity index (χ4n) is 6.58. The number of hydrogen-bond donors (Lipinski definition) is 0. The Balaban J connectivity index is 1.79. The maximum Gasteiger partial charge on any atom is 0.0227 e. The van der Waals surface area contributed by atoms with E-state index in [0.717, 1.165) is 23.9 Å². The van der Waals surface area contributed by atoms with Gasteiger partial charge in [0, 0.05) is 31.7 Å². The number of hydrogen-bond acceptors (Lipinski definition) is 2. The van der Waals surface area contributed by atoms with Crippen LogP contribution in [0.1, 0.15) is 143 Å². The van der Waals surface area contributed by atoms with Gasteiger partial charge in [0.15, 0.2) is 0 Å². The maximum absolute atomic E-state index is 2.97. The monoisotopic (exact) mass is 448 g/mol. The molecule has 0 aliphatic carbocycles. The molecule has 2 aliphatic rings. The normalized spacial score (nSPS) is 22.8. The first-order valence-corrected chi connectivity index (χ1v) is 15.2. The quantitative estimate of drug-likeness (QED) is 0.172. The lowest BCUT2D eigenvalue weighted by molar-refractivity contribution is 0.0505. The highest BCUT2D eigenvalue weighted by Crippen LogP contribution is 2.33. The van der Waals surface area contributed by atoms with Gasteiger partial charge in [-0.3, -0.25) is 9.80 Å². The summed E-state index contributed by atoms with van der Waals surface area (Å²) in [6.07, 6.45) is 25.9. The molecule has 2 saturated heterocycles. The van der Waals surface area contributed by atoms with Crippen molar-refractivity contribution >= 4 is 0 Å². The lowest BCUT2D eigenvalue weighted by Gasteiger charge is -2.42. The van der Waals surface area contributed by atoms with Crippen LogP contribution in [0, 0.1) is 11.8 Å². The fourth-order valence-corrected chi connectivity index (χ4v) is 6.58. The van der Waals surface area contributed by atoms with Crippen LogP contribution in [-0.4, -0.2) is 48.1 Å². The second kappa shape index (κ2) is 17.4. The van der Waals surface area contributed by atoms with Gasteiger partial charge in [-0.15, -0.1) is 0 Å². The summed E-state index contributed by atoms with van der Waals surface area (Å²) in [6.45, 7) is 14.9. The zero-order valence-electron chi connectivity index (χ0n) is 22.8. The largest absolute Gasteiger partial charge is 0.300 e. The van der Waals surface area contributed by atoms with E-state index in [1.165, 1.54) is 142 Å². The maximum atomic E-state index is 2.97. The van der Waals surface area contributed by atoms with Gasteiger partial charge in [-0.25, -0.2) is 0 Å². The minimum Gasteiger partial charge on any atom is -0.300 e. The molecule has 0 aromatic rings. The predicted octanol–water partition coefficient (Wildman–Crippen LogP) is 8.69. The lowest BCUT2D eigenvalue weighted by Crippen LogP contribution is -2.54. The molecule has 190 valence electrons. The van der Waals surface area contributed by atoms with E-state index >= 15 is 0 Å². The summed E-state index contributed by atoms with van der Waals surface area (Å²) in [5.41, 5.74) is 0. The topological polar surface area (TPSA) is 6.48 Å². The molecule has 2 nitrogen and oxygen atoms in total. The SMILES string of the molecule is CCCCCCC(CCCCC)CCN1[C@@H]2CC[C@H]1CN(CC(CCCC)CCCC)C2. The molecular formula is C30H60N2. The summed E-state index contributed by atoms with van der Waals surface area (Å²) in [6, 6.07) is 1.73. The zero-order valence-corrected chi connectivity index (χ0v) is 22.8. The predicted molar refractivity (Wildman–Crippen MR) is 144 cm³/mol. The standard InChI is InChI=1S/C30H60N2/c1-5-9-13-15-19-27(18-14-10-6-2)22-23-32-29-20-21-30(32)26-31(25-29)24-28(16-11-7-3)17-12-8-4/h27-30H,5-26H2,1-4H3/t27?,29-,30+. The van der Waals surface area contributed by atoms with Crippen LogP contribution in [0.4, 0.5) is 0 Å². The third-order valence-electron chi connectivity index (χ3n) is 8.63. The van der Waals surface area contributed by atoms with E-state index in [-0.39, 0.29) is 0 Å². The van der Waals surface area contributed by atoms with Crippen molar-refractivity contribution < 1.29 is 0 Å². The first-order valence-electron chi connectivity index (χ1n) is 15.2. The van der Waals surface area contributed by atoms with Gasteiger partial charge in [0.25, 0.3) is 0 Å². The minimum atomic E-state index is 0.864. The molecule has 0 spiro atoms. The van der Waals surface area contributed by atoms with Gasteiger partial charge in [-0.1, -0.05) is 111 Å². The molecular weight excluding hydrogens is 388 g/mol. The first-order chi connectivity index (χ1) is 15.7. The Morgan fingerprint density at radius 2 is 1.06 bits per heavy atom. The summed E-state index contributed by atoms with van der Waals surface area (Å²) in [5, 5.41) is 0. The fraction of sp³-hybridized carbons (Fsp3) is 1.00. The highest BCUT2D eigenvalue weighted by Gasteiger charge is 2.39. The molecule has 0 aromatic carbocycles. The molecule has 2 rings (SSSR count). The molecule has 2 fully saturated rings. The second-order valence-corrected chi connectivity index (χ2v) is 11.5. The summed E-state index contributed by atoms with van der Waals surface area (Å²) < 4.78 is 0. The van der Waals surface area contributed by atoms with Crippen molar-refractivity contribution in [3.05, 3.63) is 0 Å². The molecule has 0 aromatic heterocycles. The molecule has 0 saturated carbocycles. The molecule has 2 heterocycles. The number of unbranched alkanes of at least 4 members (excludes halogenated alkanes) is 7. The molecule has 2 heteroatoms. The van der Waals surface area contributed by atoms with E-state index in [0.29, 0.717) is 0 Å².